The maximum absolute atomic E-state index is 4.76. The third kappa shape index (κ3) is 7.80. The summed E-state index contributed by atoms with van der Waals surface area (Å²) in [4.78, 5) is 0. The van der Waals surface area contributed by atoms with Crippen LogP contribution in [0.5, 0.6) is 0 Å². The van der Waals surface area contributed by atoms with Crippen LogP contribution in [0.4, 0.5) is 0 Å². The van der Waals surface area contributed by atoms with E-state index in [2.05, 4.69) is 0 Å². The molecule has 0 saturated carbocycles. The number of hydrogen-bond acceptors (Lipinski definition) is 0. The van der Waals surface area contributed by atoms with Crippen molar-refractivity contribution in [2.75, 3.05) is 5.34 Å². The van der Waals surface area contributed by atoms with Crippen molar-refractivity contribution in [3.63, 3.8) is 0 Å². The van der Waals surface area contributed by atoms with Gasteiger partial charge in [0, 0.05) is 0 Å². The molecule has 0 aliphatic rings. The fraction of sp³-hybridized carbons (Fsp3) is 0.143. The lowest BCUT2D eigenvalue weighted by Gasteiger charge is -1.69. The summed E-state index contributed by atoms with van der Waals surface area (Å²) in [6.07, 6.45) is 0. The van der Waals surface area contributed by atoms with E-state index in [1.807, 2.05) is 36.4 Å². The van der Waals surface area contributed by atoms with Crippen molar-refractivity contribution in [3.05, 3.63) is 36.4 Å². The topological polar surface area (TPSA) is 0 Å². The molecule has 2 heteroatoms. The zero-order chi connectivity index (χ0) is 6.95. The third-order valence-corrected chi connectivity index (χ3v) is 0.667. The smallest absolute Gasteiger partial charge is 0.0967 e. The molecule has 50 valence electrons. The second-order valence-electron chi connectivity index (χ2n) is 1.26. The van der Waals surface area contributed by atoms with Crippen molar-refractivity contribution in [3.8, 4) is 0 Å². The molecule has 0 amide bonds. The van der Waals surface area contributed by atoms with Crippen molar-refractivity contribution < 1.29 is 0 Å². The zero-order valence-corrected chi connectivity index (χ0v) is 6.44. The van der Waals surface area contributed by atoms with Gasteiger partial charge in [-0.15, -0.1) is 23.2 Å². The van der Waals surface area contributed by atoms with Crippen molar-refractivity contribution in [2.45, 2.75) is 0 Å². The minimum Gasteiger partial charge on any atom is -0.109 e. The fourth-order valence-electron chi connectivity index (χ4n) is 0.385. The summed E-state index contributed by atoms with van der Waals surface area (Å²) >= 11 is 9.53. The van der Waals surface area contributed by atoms with Gasteiger partial charge in [0.2, 0.25) is 0 Å². The summed E-state index contributed by atoms with van der Waals surface area (Å²) in [5.74, 6) is 0. The average Bonchev–Trinajstić information content (AvgIpc) is 1.93. The van der Waals surface area contributed by atoms with Gasteiger partial charge in [0.25, 0.3) is 0 Å². The Morgan fingerprint density at radius 1 is 0.667 bits per heavy atom. The van der Waals surface area contributed by atoms with E-state index in [4.69, 9.17) is 23.2 Å². The van der Waals surface area contributed by atoms with E-state index in [0.29, 0.717) is 0 Å². The highest BCUT2D eigenvalue weighted by Gasteiger charge is 1.57. The monoisotopic (exact) mass is 162 g/mol. The van der Waals surface area contributed by atoms with E-state index in [1.54, 1.807) is 0 Å². The van der Waals surface area contributed by atoms with Crippen LogP contribution < -0.4 is 0 Å². The average molecular weight is 163 g/mol. The first kappa shape index (κ1) is 8.80. The first-order valence-electron chi connectivity index (χ1n) is 2.53. The molecule has 0 unspecified atom stereocenters. The summed E-state index contributed by atoms with van der Waals surface area (Å²) in [7, 11) is 0. The van der Waals surface area contributed by atoms with Crippen LogP contribution in [0.3, 0.4) is 0 Å². The quantitative estimate of drug-likeness (QED) is 0.515. The summed E-state index contributed by atoms with van der Waals surface area (Å²) in [5, 5.41) is 0.194. The van der Waals surface area contributed by atoms with E-state index in [9.17, 15) is 0 Å². The molecule has 0 N–H and O–H groups in total. The predicted molar refractivity (Wildman–Crippen MR) is 43.0 cm³/mol. The van der Waals surface area contributed by atoms with Crippen molar-refractivity contribution >= 4 is 23.2 Å². The molecule has 1 aromatic rings. The highest BCUT2D eigenvalue weighted by molar-refractivity contribution is 6.40. The van der Waals surface area contributed by atoms with Crippen molar-refractivity contribution in [1.82, 2.24) is 0 Å². The Kier molecular flexibility index (Phi) is 7.63. The molecule has 0 fully saturated rings. The number of hydrogen-bond donors (Lipinski definition) is 0. The van der Waals surface area contributed by atoms with Gasteiger partial charge < -0.3 is 0 Å². The van der Waals surface area contributed by atoms with Gasteiger partial charge in [-0.2, -0.15) is 0 Å². The molecule has 0 heterocycles. The van der Waals surface area contributed by atoms with Crippen LogP contribution in [-0.4, -0.2) is 5.34 Å². The molecule has 0 aliphatic carbocycles. The van der Waals surface area contributed by atoms with Crippen molar-refractivity contribution in [2.24, 2.45) is 0 Å². The molecule has 9 heavy (non-hydrogen) atoms. The van der Waals surface area contributed by atoms with Crippen LogP contribution >= 0.6 is 23.2 Å². The molecule has 0 aliphatic heterocycles. The zero-order valence-electron chi connectivity index (χ0n) is 4.93. The summed E-state index contributed by atoms with van der Waals surface area (Å²) in [5.41, 5.74) is 0. The molecular formula is C7H8Cl2. The Morgan fingerprint density at radius 2 is 0.778 bits per heavy atom. The van der Waals surface area contributed by atoms with Gasteiger partial charge in [0.05, 0.1) is 5.34 Å². The molecule has 1 aromatic carbocycles. The van der Waals surface area contributed by atoms with E-state index in [1.165, 1.54) is 0 Å². The molecular weight excluding hydrogens is 155 g/mol. The van der Waals surface area contributed by atoms with Gasteiger partial charge in [0.1, 0.15) is 0 Å². The van der Waals surface area contributed by atoms with E-state index < -0.39 is 0 Å². The Bertz CT molecular complexity index is 89.8. The molecule has 0 bridgehead atoms. The largest absolute Gasteiger partial charge is 0.109 e. The minimum atomic E-state index is 0.194. The first-order chi connectivity index (χ1) is 4.41. The van der Waals surface area contributed by atoms with Gasteiger partial charge in [-0.05, 0) is 0 Å². The SMILES string of the molecule is ClCCl.c1ccccc1. The third-order valence-electron chi connectivity index (χ3n) is 0.667. The Morgan fingerprint density at radius 3 is 0.889 bits per heavy atom. The van der Waals surface area contributed by atoms with Crippen LogP contribution in [-0.2, 0) is 0 Å². The van der Waals surface area contributed by atoms with Gasteiger partial charge >= 0.3 is 0 Å². The van der Waals surface area contributed by atoms with Crippen LogP contribution in [0.15, 0.2) is 36.4 Å². The summed E-state index contributed by atoms with van der Waals surface area (Å²) in [6.45, 7) is 0. The molecule has 0 aromatic heterocycles. The maximum atomic E-state index is 4.76. The number of halogens is 2. The molecule has 0 radical (unpaired) electrons. The highest BCUT2D eigenvalue weighted by Crippen LogP contribution is 1.79. The molecule has 0 atom stereocenters. The lowest BCUT2D eigenvalue weighted by atomic mass is 10.4. The fourth-order valence-corrected chi connectivity index (χ4v) is 0.385. The molecule has 0 saturated heterocycles. The highest BCUT2D eigenvalue weighted by atomic mass is 35.5. The van der Waals surface area contributed by atoms with Crippen LogP contribution in [0.2, 0.25) is 0 Å². The molecule has 1 rings (SSSR count). The number of alkyl halides is 2. The number of rotatable bonds is 0. The maximum Gasteiger partial charge on any atom is 0.0967 e. The summed E-state index contributed by atoms with van der Waals surface area (Å²) < 4.78 is 0. The lowest BCUT2D eigenvalue weighted by Crippen LogP contribution is -1.47. The summed E-state index contributed by atoms with van der Waals surface area (Å²) in [6, 6.07) is 12.0. The second kappa shape index (κ2) is 7.80. The van der Waals surface area contributed by atoms with Gasteiger partial charge in [0.15, 0.2) is 0 Å². The standard InChI is InChI=1S/C6H6.CH2Cl2/c1-2-4-6-5-3-1;2-1-3/h1-6H;1H2. The van der Waals surface area contributed by atoms with Crippen LogP contribution in [0, 0.1) is 0 Å². The number of benzene rings is 1. The van der Waals surface area contributed by atoms with Crippen LogP contribution in [0.1, 0.15) is 0 Å². The Labute approximate surface area is 65.4 Å². The normalized spacial score (nSPS) is 7.33. The first-order valence-corrected chi connectivity index (χ1v) is 3.60. The predicted octanol–water partition coefficient (Wildman–Crippen LogP) is 3.11. The minimum absolute atomic E-state index is 0.194. The van der Waals surface area contributed by atoms with Gasteiger partial charge in [-0.25, -0.2) is 0 Å². The Hall–Kier alpha value is -0.200. The van der Waals surface area contributed by atoms with Gasteiger partial charge in [-0.3, -0.25) is 0 Å². The lowest BCUT2D eigenvalue weighted by molar-refractivity contribution is 1.72. The van der Waals surface area contributed by atoms with Gasteiger partial charge in [-0.1, -0.05) is 36.4 Å². The van der Waals surface area contributed by atoms with E-state index in [-0.39, 0.29) is 5.34 Å². The second-order valence-corrected chi connectivity index (χ2v) is 2.06. The van der Waals surface area contributed by atoms with E-state index >= 15 is 0 Å². The Balaban J connectivity index is 0.000000187. The van der Waals surface area contributed by atoms with E-state index in [0.717, 1.165) is 0 Å². The van der Waals surface area contributed by atoms with Crippen LogP contribution in [0.25, 0.3) is 0 Å². The molecule has 0 spiro atoms. The molecule has 0 nitrogen and oxygen atoms in total. The van der Waals surface area contributed by atoms with Crippen molar-refractivity contribution in [1.29, 1.82) is 0 Å².